The summed E-state index contributed by atoms with van der Waals surface area (Å²) in [6.45, 7) is 0.977. The van der Waals surface area contributed by atoms with Gasteiger partial charge in [-0.2, -0.15) is 0 Å². The van der Waals surface area contributed by atoms with Crippen LogP contribution in [0.2, 0.25) is 0 Å². The summed E-state index contributed by atoms with van der Waals surface area (Å²) in [6, 6.07) is 7.86. The number of aliphatic hydroxyl groups is 1. The average molecular weight is 380 g/mol. The lowest BCUT2D eigenvalue weighted by Gasteiger charge is -2.35. The molecule has 1 aliphatic rings. The Bertz CT molecular complexity index is 725. The molecule has 0 bridgehead atoms. The van der Waals surface area contributed by atoms with Crippen LogP contribution in [0.15, 0.2) is 34.5 Å². The summed E-state index contributed by atoms with van der Waals surface area (Å²) in [5.74, 6) is 0.779. The minimum atomic E-state index is -1.05. The Balaban J connectivity index is 1.59. The van der Waals surface area contributed by atoms with Crippen LogP contribution in [0.3, 0.4) is 0 Å². The Hall–Kier alpha value is -1.77. The monoisotopic (exact) mass is 380 g/mol. The molecular weight excluding hydrogens is 360 g/mol. The van der Waals surface area contributed by atoms with Gasteiger partial charge >= 0.3 is 6.09 Å². The van der Waals surface area contributed by atoms with Crippen LogP contribution in [0.4, 0.5) is 4.79 Å². The first-order valence-corrected chi connectivity index (χ1v) is 10.0. The molecule has 2 heterocycles. The van der Waals surface area contributed by atoms with Crippen molar-refractivity contribution in [3.63, 3.8) is 0 Å². The number of ether oxygens (including phenoxy) is 1. The molecule has 0 unspecified atom stereocenters. The maximum Gasteiger partial charge on any atom is 0.407 e. The number of hydrogen-bond acceptors (Lipinski definition) is 6. The first-order chi connectivity index (χ1) is 12.0. The number of thioether (sulfide) groups is 1. The Morgan fingerprint density at radius 2 is 2.04 bits per heavy atom. The van der Waals surface area contributed by atoms with E-state index in [1.165, 1.54) is 21.1 Å². The van der Waals surface area contributed by atoms with Gasteiger partial charge in [-0.05, 0) is 30.5 Å². The first-order valence-electron chi connectivity index (χ1n) is 7.92. The molecule has 2 N–H and O–H groups in total. The Morgan fingerprint density at radius 3 is 2.64 bits per heavy atom. The molecule has 6 nitrogen and oxygen atoms in total. The van der Waals surface area contributed by atoms with Crippen molar-refractivity contribution in [2.75, 3.05) is 19.3 Å². The molecule has 8 heteroatoms. The summed E-state index contributed by atoms with van der Waals surface area (Å²) in [6.07, 6.45) is 1.81. The van der Waals surface area contributed by atoms with Crippen LogP contribution < -0.4 is 4.74 Å². The van der Waals surface area contributed by atoms with Crippen molar-refractivity contribution in [1.82, 2.24) is 9.88 Å². The highest BCUT2D eigenvalue weighted by Gasteiger charge is 2.37. The molecule has 0 spiro atoms. The Labute approximate surface area is 154 Å². The highest BCUT2D eigenvalue weighted by Crippen LogP contribution is 2.35. The van der Waals surface area contributed by atoms with Crippen LogP contribution in [0, 0.1) is 0 Å². The standard InChI is InChI=1S/C17H20N2O4S2/c1-24-14-4-2-13(3-5-14)23-10-12-11-25-15(18-12)17(22)6-8-19(9-7-17)16(20)21/h2-5,11,22H,6-10H2,1H3,(H,20,21). The zero-order valence-electron chi connectivity index (χ0n) is 13.8. The van der Waals surface area contributed by atoms with E-state index in [-0.39, 0.29) is 0 Å². The van der Waals surface area contributed by atoms with Gasteiger partial charge in [0.1, 0.15) is 23.0 Å². The first kappa shape index (κ1) is 18.0. The van der Waals surface area contributed by atoms with Crippen LogP contribution in [-0.4, -0.2) is 45.5 Å². The van der Waals surface area contributed by atoms with E-state index in [0.717, 1.165) is 11.4 Å². The van der Waals surface area contributed by atoms with Gasteiger partial charge in [-0.1, -0.05) is 0 Å². The topological polar surface area (TPSA) is 82.9 Å². The van der Waals surface area contributed by atoms with Gasteiger partial charge in [0, 0.05) is 36.2 Å². The molecule has 1 saturated heterocycles. The number of nitrogens with zero attached hydrogens (tertiary/aromatic N) is 2. The molecule has 3 rings (SSSR count). The number of carbonyl (C=O) groups is 1. The van der Waals surface area contributed by atoms with E-state index in [2.05, 4.69) is 4.98 Å². The van der Waals surface area contributed by atoms with E-state index >= 15 is 0 Å². The van der Waals surface area contributed by atoms with Crippen LogP contribution in [0.5, 0.6) is 5.75 Å². The van der Waals surface area contributed by atoms with E-state index in [0.29, 0.717) is 37.5 Å². The zero-order valence-corrected chi connectivity index (χ0v) is 15.5. The van der Waals surface area contributed by atoms with Crippen molar-refractivity contribution in [2.24, 2.45) is 0 Å². The van der Waals surface area contributed by atoms with Crippen molar-refractivity contribution in [2.45, 2.75) is 29.9 Å². The van der Waals surface area contributed by atoms with Crippen LogP contribution in [0.25, 0.3) is 0 Å². The number of hydrogen-bond donors (Lipinski definition) is 2. The Kier molecular flexibility index (Phi) is 5.51. The van der Waals surface area contributed by atoms with E-state index in [1.54, 1.807) is 11.8 Å². The van der Waals surface area contributed by atoms with Gasteiger partial charge in [-0.25, -0.2) is 9.78 Å². The van der Waals surface area contributed by atoms with Crippen LogP contribution >= 0.6 is 23.1 Å². The van der Waals surface area contributed by atoms with Gasteiger partial charge in [0.2, 0.25) is 0 Å². The van der Waals surface area contributed by atoms with E-state index in [1.807, 2.05) is 35.9 Å². The number of rotatable bonds is 5. The fourth-order valence-electron chi connectivity index (χ4n) is 2.70. The molecule has 1 aromatic heterocycles. The zero-order chi connectivity index (χ0) is 17.9. The Morgan fingerprint density at radius 1 is 1.36 bits per heavy atom. The molecular formula is C17H20N2O4S2. The lowest BCUT2D eigenvalue weighted by molar-refractivity contribution is -0.0216. The predicted octanol–water partition coefficient (Wildman–Crippen LogP) is 3.41. The largest absolute Gasteiger partial charge is 0.487 e. The molecule has 0 aliphatic carbocycles. The summed E-state index contributed by atoms with van der Waals surface area (Å²) in [5, 5.41) is 22.3. The highest BCUT2D eigenvalue weighted by molar-refractivity contribution is 7.98. The molecule has 0 radical (unpaired) electrons. The number of likely N-dealkylation sites (tertiary alicyclic amines) is 1. The number of carboxylic acid groups (broad SMARTS) is 1. The van der Waals surface area contributed by atoms with Crippen LogP contribution in [-0.2, 0) is 12.2 Å². The van der Waals surface area contributed by atoms with Gasteiger partial charge in [-0.3, -0.25) is 0 Å². The number of aromatic nitrogens is 1. The number of amides is 1. The minimum absolute atomic E-state index is 0.318. The maximum atomic E-state index is 11.0. The third-order valence-electron chi connectivity index (χ3n) is 4.26. The quantitative estimate of drug-likeness (QED) is 0.774. The smallest absolute Gasteiger partial charge is 0.407 e. The maximum absolute atomic E-state index is 11.0. The van der Waals surface area contributed by atoms with E-state index in [9.17, 15) is 9.90 Å². The summed E-state index contributed by atoms with van der Waals surface area (Å²) in [7, 11) is 0. The van der Waals surface area contributed by atoms with Gasteiger partial charge in [0.25, 0.3) is 0 Å². The lowest BCUT2D eigenvalue weighted by Crippen LogP contribution is -2.44. The van der Waals surface area contributed by atoms with Crippen LogP contribution in [0.1, 0.15) is 23.5 Å². The minimum Gasteiger partial charge on any atom is -0.487 e. The van der Waals surface area contributed by atoms with Gasteiger partial charge in [0.15, 0.2) is 0 Å². The summed E-state index contributed by atoms with van der Waals surface area (Å²) >= 11 is 3.07. The van der Waals surface area contributed by atoms with Gasteiger partial charge in [0.05, 0.1) is 5.69 Å². The van der Waals surface area contributed by atoms with Crippen molar-refractivity contribution in [3.05, 3.63) is 40.3 Å². The summed E-state index contributed by atoms with van der Waals surface area (Å²) in [4.78, 5) is 18.0. The van der Waals surface area contributed by atoms with Gasteiger partial charge in [-0.15, -0.1) is 23.1 Å². The molecule has 1 aliphatic heterocycles. The van der Waals surface area contributed by atoms with Crippen molar-refractivity contribution in [3.8, 4) is 5.75 Å². The van der Waals surface area contributed by atoms with Crippen molar-refractivity contribution >= 4 is 29.2 Å². The number of piperidine rings is 1. The average Bonchev–Trinajstić information content (AvgIpc) is 3.11. The second kappa shape index (κ2) is 7.63. The second-order valence-corrected chi connectivity index (χ2v) is 7.65. The molecule has 25 heavy (non-hydrogen) atoms. The third kappa shape index (κ3) is 4.26. The predicted molar refractivity (Wildman–Crippen MR) is 97.4 cm³/mol. The fraction of sp³-hybridized carbons (Fsp3) is 0.412. The normalized spacial score (nSPS) is 16.6. The lowest BCUT2D eigenvalue weighted by atomic mass is 9.92. The molecule has 0 atom stereocenters. The highest BCUT2D eigenvalue weighted by atomic mass is 32.2. The SMILES string of the molecule is CSc1ccc(OCc2csc(C3(O)CCN(C(=O)O)CC3)n2)cc1. The van der Waals surface area contributed by atoms with Gasteiger partial charge < -0.3 is 19.8 Å². The summed E-state index contributed by atoms with van der Waals surface area (Å²) < 4.78 is 5.74. The molecule has 2 aromatic rings. The molecule has 134 valence electrons. The number of benzene rings is 1. The molecule has 1 amide bonds. The van der Waals surface area contributed by atoms with E-state index < -0.39 is 11.7 Å². The fourth-order valence-corrected chi connectivity index (χ4v) is 4.07. The molecule has 1 fully saturated rings. The third-order valence-corrected chi connectivity index (χ3v) is 6.09. The number of thiazole rings is 1. The summed E-state index contributed by atoms with van der Waals surface area (Å²) in [5.41, 5.74) is -0.280. The van der Waals surface area contributed by atoms with Crippen molar-refractivity contribution in [1.29, 1.82) is 0 Å². The second-order valence-electron chi connectivity index (χ2n) is 5.91. The molecule has 1 aromatic carbocycles. The van der Waals surface area contributed by atoms with Crippen molar-refractivity contribution < 1.29 is 19.7 Å². The molecule has 0 saturated carbocycles. The van der Waals surface area contributed by atoms with E-state index in [4.69, 9.17) is 9.84 Å².